The summed E-state index contributed by atoms with van der Waals surface area (Å²) in [6, 6.07) is 14.5. The first-order valence-electron chi connectivity index (χ1n) is 9.27. The van der Waals surface area contributed by atoms with E-state index in [1.165, 1.54) is 14.2 Å². The summed E-state index contributed by atoms with van der Waals surface area (Å²) in [6.45, 7) is 0.474. The highest BCUT2D eigenvalue weighted by molar-refractivity contribution is 7.62. The van der Waals surface area contributed by atoms with E-state index < -0.39 is 7.60 Å². The maximum Gasteiger partial charge on any atom is 0.377 e. The van der Waals surface area contributed by atoms with Crippen molar-refractivity contribution in [2.24, 2.45) is 0 Å². The molecular formula is C22H18NO5P. The quantitative estimate of drug-likeness (QED) is 0.485. The highest BCUT2D eigenvalue weighted by Crippen LogP contribution is 2.51. The number of carbonyl (C=O) groups excluding carboxylic acids is 2. The number of nitrogens with zero attached hydrogens (tertiary/aromatic N) is 1. The van der Waals surface area contributed by atoms with Gasteiger partial charge >= 0.3 is 7.60 Å². The van der Waals surface area contributed by atoms with Gasteiger partial charge in [-0.25, -0.2) is 0 Å². The van der Waals surface area contributed by atoms with E-state index in [9.17, 15) is 14.2 Å². The number of fused-ring (bicyclic) bond motifs is 6. The zero-order valence-corrected chi connectivity index (χ0v) is 16.9. The van der Waals surface area contributed by atoms with Gasteiger partial charge in [0.05, 0.1) is 16.8 Å². The molecule has 5 rings (SSSR count). The molecule has 0 atom stereocenters. The standard InChI is InChI=1S/C22H18NO5P/c1-27-29(26,28-2)22-18-17(20(24)15-9-5-6-10-16(15)21(18)25)19-14-8-4-3-7-13(14)11-12-23(19)22/h3-10H,11-12H2,1-2H3. The highest BCUT2D eigenvalue weighted by atomic mass is 31.2. The van der Waals surface area contributed by atoms with Crippen molar-refractivity contribution in [2.75, 3.05) is 14.2 Å². The number of carbonyl (C=O) groups is 2. The molecule has 0 radical (unpaired) electrons. The van der Waals surface area contributed by atoms with E-state index >= 15 is 0 Å². The minimum atomic E-state index is -3.80. The summed E-state index contributed by atoms with van der Waals surface area (Å²) in [5.41, 5.74) is 3.79. The third-order valence-electron chi connectivity index (χ3n) is 5.72. The van der Waals surface area contributed by atoms with Crippen molar-refractivity contribution in [3.05, 3.63) is 76.3 Å². The maximum atomic E-state index is 13.5. The first-order valence-corrected chi connectivity index (χ1v) is 10.8. The Morgan fingerprint density at radius 2 is 1.38 bits per heavy atom. The normalized spacial score (nSPS) is 14.8. The van der Waals surface area contributed by atoms with Crippen LogP contribution >= 0.6 is 7.60 Å². The molecule has 0 amide bonds. The Labute approximate surface area is 167 Å². The maximum absolute atomic E-state index is 13.5. The van der Waals surface area contributed by atoms with E-state index in [0.717, 1.165) is 11.1 Å². The molecule has 0 bridgehead atoms. The molecule has 0 saturated heterocycles. The smallest absolute Gasteiger partial charge is 0.333 e. The Morgan fingerprint density at radius 3 is 2.00 bits per heavy atom. The van der Waals surface area contributed by atoms with Crippen molar-refractivity contribution in [1.82, 2.24) is 4.57 Å². The second-order valence-corrected chi connectivity index (χ2v) is 9.20. The Morgan fingerprint density at radius 1 is 0.828 bits per heavy atom. The first-order chi connectivity index (χ1) is 14.0. The van der Waals surface area contributed by atoms with Gasteiger partial charge in [-0.2, -0.15) is 0 Å². The fourth-order valence-corrected chi connectivity index (χ4v) is 5.90. The van der Waals surface area contributed by atoms with Crippen LogP contribution in [0.5, 0.6) is 0 Å². The lowest BCUT2D eigenvalue weighted by atomic mass is 9.83. The lowest BCUT2D eigenvalue weighted by Crippen LogP contribution is -2.29. The fourth-order valence-electron chi connectivity index (χ4n) is 4.42. The van der Waals surface area contributed by atoms with E-state index in [0.29, 0.717) is 29.8 Å². The Hall–Kier alpha value is -2.79. The van der Waals surface area contributed by atoms with Gasteiger partial charge in [-0.3, -0.25) is 14.2 Å². The van der Waals surface area contributed by atoms with Gasteiger partial charge in [-0.1, -0.05) is 48.5 Å². The molecule has 1 aliphatic heterocycles. The second-order valence-electron chi connectivity index (χ2n) is 7.05. The molecule has 3 aromatic rings. The monoisotopic (exact) mass is 407 g/mol. The summed E-state index contributed by atoms with van der Waals surface area (Å²) in [5.74, 6) is -0.584. The van der Waals surface area contributed by atoms with E-state index in [2.05, 4.69) is 0 Å². The largest absolute Gasteiger partial charge is 0.377 e. The van der Waals surface area contributed by atoms with Crippen molar-refractivity contribution in [3.63, 3.8) is 0 Å². The fraction of sp³-hybridized carbons (Fsp3) is 0.182. The molecule has 29 heavy (non-hydrogen) atoms. The van der Waals surface area contributed by atoms with Crippen molar-refractivity contribution in [1.29, 1.82) is 0 Å². The third kappa shape index (κ3) is 2.34. The summed E-state index contributed by atoms with van der Waals surface area (Å²) in [6.07, 6.45) is 0.687. The minimum Gasteiger partial charge on any atom is -0.333 e. The zero-order valence-electron chi connectivity index (χ0n) is 16.0. The van der Waals surface area contributed by atoms with Gasteiger partial charge in [0.1, 0.15) is 5.44 Å². The Bertz CT molecular complexity index is 1250. The number of aryl methyl sites for hydroxylation is 1. The number of benzene rings is 2. The molecule has 0 saturated carbocycles. The van der Waals surface area contributed by atoms with Gasteiger partial charge < -0.3 is 13.6 Å². The molecule has 146 valence electrons. The highest BCUT2D eigenvalue weighted by Gasteiger charge is 2.45. The van der Waals surface area contributed by atoms with Crippen LogP contribution in [-0.4, -0.2) is 30.4 Å². The molecule has 0 N–H and O–H groups in total. The van der Waals surface area contributed by atoms with Crippen LogP contribution in [0.25, 0.3) is 11.3 Å². The SMILES string of the molecule is COP(=O)(OC)c1c2c(c3n1CCc1ccccc1-3)C(=O)c1ccccc1C2=O. The Balaban J connectivity index is 1.94. The molecule has 0 fully saturated rings. The lowest BCUT2D eigenvalue weighted by Gasteiger charge is -2.23. The van der Waals surface area contributed by atoms with Gasteiger partial charge in [0.2, 0.25) is 0 Å². The topological polar surface area (TPSA) is 74.6 Å². The summed E-state index contributed by atoms with van der Waals surface area (Å²) in [4.78, 5) is 27.0. The second kappa shape index (κ2) is 6.36. The number of ketones is 2. The summed E-state index contributed by atoms with van der Waals surface area (Å²) in [7, 11) is -1.23. The zero-order chi connectivity index (χ0) is 20.3. The number of aromatic nitrogens is 1. The summed E-state index contributed by atoms with van der Waals surface area (Å²) in [5, 5.41) is 0. The number of rotatable bonds is 3. The van der Waals surface area contributed by atoms with Gasteiger partial charge in [0.25, 0.3) is 0 Å². The van der Waals surface area contributed by atoms with Crippen LogP contribution in [0.4, 0.5) is 0 Å². The molecule has 2 aliphatic rings. The Kier molecular flexibility index (Phi) is 4.00. The van der Waals surface area contributed by atoms with Crippen LogP contribution in [-0.2, 0) is 26.6 Å². The molecule has 0 unspecified atom stereocenters. The van der Waals surface area contributed by atoms with Crippen molar-refractivity contribution in [3.8, 4) is 11.3 Å². The summed E-state index contributed by atoms with van der Waals surface area (Å²) >= 11 is 0. The van der Waals surface area contributed by atoms with Crippen LogP contribution in [0.1, 0.15) is 37.4 Å². The molecular weight excluding hydrogens is 389 g/mol. The molecule has 2 heterocycles. The predicted molar refractivity (Wildman–Crippen MR) is 108 cm³/mol. The van der Waals surface area contributed by atoms with Crippen LogP contribution in [0.3, 0.4) is 0 Å². The minimum absolute atomic E-state index is 0.132. The number of hydrogen-bond acceptors (Lipinski definition) is 5. The van der Waals surface area contributed by atoms with Crippen molar-refractivity contribution in [2.45, 2.75) is 13.0 Å². The average Bonchev–Trinajstić information content (AvgIpc) is 3.13. The van der Waals surface area contributed by atoms with Gasteiger partial charge in [-0.15, -0.1) is 0 Å². The number of hydrogen-bond donors (Lipinski definition) is 0. The lowest BCUT2D eigenvalue weighted by molar-refractivity contribution is 0.0981. The average molecular weight is 407 g/mol. The van der Waals surface area contributed by atoms with Crippen LogP contribution in [0.15, 0.2) is 48.5 Å². The molecule has 2 aromatic carbocycles. The molecule has 6 nitrogen and oxygen atoms in total. The molecule has 0 spiro atoms. The van der Waals surface area contributed by atoms with Crippen LogP contribution in [0.2, 0.25) is 0 Å². The van der Waals surface area contributed by atoms with Crippen LogP contribution in [0, 0.1) is 0 Å². The van der Waals surface area contributed by atoms with E-state index in [1.54, 1.807) is 28.8 Å². The summed E-state index contributed by atoms with van der Waals surface area (Å²) < 4.78 is 25.8. The van der Waals surface area contributed by atoms with Crippen molar-refractivity contribution < 1.29 is 23.2 Å². The van der Waals surface area contributed by atoms with E-state index in [1.807, 2.05) is 24.3 Å². The van der Waals surface area contributed by atoms with E-state index in [-0.39, 0.29) is 28.1 Å². The molecule has 7 heteroatoms. The van der Waals surface area contributed by atoms with Gasteiger partial charge in [0, 0.05) is 37.5 Å². The molecule has 1 aromatic heterocycles. The predicted octanol–water partition coefficient (Wildman–Crippen LogP) is 3.60. The van der Waals surface area contributed by atoms with Gasteiger partial charge in [-0.05, 0) is 12.0 Å². The van der Waals surface area contributed by atoms with E-state index in [4.69, 9.17) is 9.05 Å². The first kappa shape index (κ1) is 18.3. The third-order valence-corrected chi connectivity index (χ3v) is 7.67. The van der Waals surface area contributed by atoms with Crippen molar-refractivity contribution >= 4 is 24.6 Å². The van der Waals surface area contributed by atoms with Crippen LogP contribution < -0.4 is 5.44 Å². The molecule has 1 aliphatic carbocycles. The van der Waals surface area contributed by atoms with Gasteiger partial charge in [0.15, 0.2) is 11.6 Å².